The normalized spacial score (nSPS) is 10.0. The zero-order valence-corrected chi connectivity index (χ0v) is 10.4. The zero-order valence-electron chi connectivity index (χ0n) is 10.4. The Balaban J connectivity index is 2.37. The third-order valence-electron chi connectivity index (χ3n) is 2.40. The number of ether oxygens (including phenoxy) is 1. The summed E-state index contributed by atoms with van der Waals surface area (Å²) in [5, 5.41) is 0. The number of carbonyl (C=O) groups is 2. The van der Waals surface area contributed by atoms with E-state index in [1.165, 1.54) is 0 Å². The Morgan fingerprint density at radius 2 is 2.00 bits per heavy atom. The summed E-state index contributed by atoms with van der Waals surface area (Å²) in [5.74, 6) is -0.228. The van der Waals surface area contributed by atoms with Gasteiger partial charge in [-0.2, -0.15) is 0 Å². The van der Waals surface area contributed by atoms with Gasteiger partial charge in [-0.25, -0.2) is 0 Å². The maximum absolute atomic E-state index is 11.6. The summed E-state index contributed by atoms with van der Waals surface area (Å²) < 4.78 is 4.77. The van der Waals surface area contributed by atoms with E-state index in [2.05, 4.69) is 0 Å². The molecule has 0 radical (unpaired) electrons. The molecule has 17 heavy (non-hydrogen) atoms. The van der Waals surface area contributed by atoms with Gasteiger partial charge in [-0.1, -0.05) is 29.8 Å². The Bertz CT molecular complexity index is 396. The first-order chi connectivity index (χ1) is 8.11. The van der Waals surface area contributed by atoms with Crippen LogP contribution in [-0.4, -0.2) is 18.4 Å². The van der Waals surface area contributed by atoms with E-state index in [0.717, 1.165) is 11.1 Å². The lowest BCUT2D eigenvalue weighted by atomic mass is 10.0. The Morgan fingerprint density at radius 1 is 1.24 bits per heavy atom. The third kappa shape index (κ3) is 5.29. The molecule has 0 heterocycles. The van der Waals surface area contributed by atoms with Crippen molar-refractivity contribution >= 4 is 11.8 Å². The molecule has 0 aliphatic carbocycles. The topological polar surface area (TPSA) is 43.4 Å². The van der Waals surface area contributed by atoms with Crippen LogP contribution in [-0.2, 0) is 20.7 Å². The van der Waals surface area contributed by atoms with E-state index in [0.29, 0.717) is 13.0 Å². The molecular weight excluding hydrogens is 216 g/mol. The fourth-order valence-corrected chi connectivity index (χ4v) is 1.61. The van der Waals surface area contributed by atoms with Crippen molar-refractivity contribution in [2.45, 2.75) is 33.1 Å². The van der Waals surface area contributed by atoms with Gasteiger partial charge in [-0.15, -0.1) is 0 Å². The van der Waals surface area contributed by atoms with Crippen LogP contribution in [0, 0.1) is 6.92 Å². The number of esters is 1. The summed E-state index contributed by atoms with van der Waals surface area (Å²) in [6.07, 6.45) is 0.826. The SMILES string of the molecule is CCOC(=O)CCC(=O)Cc1cccc(C)c1. The van der Waals surface area contributed by atoms with Crippen molar-refractivity contribution in [1.82, 2.24) is 0 Å². The summed E-state index contributed by atoms with van der Waals surface area (Å²) in [7, 11) is 0. The van der Waals surface area contributed by atoms with Crippen molar-refractivity contribution in [2.24, 2.45) is 0 Å². The van der Waals surface area contributed by atoms with Gasteiger partial charge in [0.05, 0.1) is 13.0 Å². The predicted octanol–water partition coefficient (Wildman–Crippen LogP) is 2.45. The quantitative estimate of drug-likeness (QED) is 0.710. The number of aryl methyl sites for hydroxylation is 1. The lowest BCUT2D eigenvalue weighted by Gasteiger charge is -2.03. The molecule has 0 unspecified atom stereocenters. The molecule has 0 atom stereocenters. The highest BCUT2D eigenvalue weighted by atomic mass is 16.5. The van der Waals surface area contributed by atoms with Crippen LogP contribution in [0.15, 0.2) is 24.3 Å². The first-order valence-electron chi connectivity index (χ1n) is 5.84. The molecule has 0 amide bonds. The summed E-state index contributed by atoms with van der Waals surface area (Å²) in [6.45, 7) is 4.12. The minimum absolute atomic E-state index is 0.0728. The van der Waals surface area contributed by atoms with Crippen LogP contribution in [0.5, 0.6) is 0 Å². The Morgan fingerprint density at radius 3 is 2.65 bits per heavy atom. The second kappa shape index (κ2) is 6.84. The molecule has 0 saturated carbocycles. The highest BCUT2D eigenvalue weighted by molar-refractivity contribution is 5.84. The molecule has 1 aromatic rings. The van der Waals surface area contributed by atoms with Gasteiger partial charge in [0, 0.05) is 12.8 Å². The van der Waals surface area contributed by atoms with Crippen molar-refractivity contribution in [3.8, 4) is 0 Å². The average Bonchev–Trinajstić information content (AvgIpc) is 2.27. The second-order valence-corrected chi connectivity index (χ2v) is 4.01. The zero-order chi connectivity index (χ0) is 12.7. The molecule has 0 bridgehead atoms. The van der Waals surface area contributed by atoms with Crippen LogP contribution in [0.1, 0.15) is 30.9 Å². The van der Waals surface area contributed by atoms with E-state index in [4.69, 9.17) is 4.74 Å². The third-order valence-corrected chi connectivity index (χ3v) is 2.40. The number of carbonyl (C=O) groups excluding carboxylic acids is 2. The lowest BCUT2D eigenvalue weighted by molar-refractivity contribution is -0.144. The Hall–Kier alpha value is -1.64. The van der Waals surface area contributed by atoms with Crippen LogP contribution >= 0.6 is 0 Å². The van der Waals surface area contributed by atoms with Crippen LogP contribution in [0.25, 0.3) is 0 Å². The second-order valence-electron chi connectivity index (χ2n) is 4.01. The molecule has 0 aromatic heterocycles. The summed E-state index contributed by atoms with van der Waals surface area (Å²) in [4.78, 5) is 22.7. The summed E-state index contributed by atoms with van der Waals surface area (Å²) in [5.41, 5.74) is 2.14. The highest BCUT2D eigenvalue weighted by Crippen LogP contribution is 2.07. The molecule has 0 spiro atoms. The van der Waals surface area contributed by atoms with Crippen LogP contribution in [0.4, 0.5) is 0 Å². The summed E-state index contributed by atoms with van der Waals surface area (Å²) in [6, 6.07) is 7.84. The molecule has 1 rings (SSSR count). The smallest absolute Gasteiger partial charge is 0.306 e. The van der Waals surface area contributed by atoms with Gasteiger partial charge in [0.2, 0.25) is 0 Å². The molecule has 1 aromatic carbocycles. The summed E-state index contributed by atoms with van der Waals surface area (Å²) >= 11 is 0. The van der Waals surface area contributed by atoms with Crippen molar-refractivity contribution < 1.29 is 14.3 Å². The number of hydrogen-bond acceptors (Lipinski definition) is 3. The Kier molecular flexibility index (Phi) is 5.40. The highest BCUT2D eigenvalue weighted by Gasteiger charge is 2.08. The first-order valence-corrected chi connectivity index (χ1v) is 5.84. The number of benzene rings is 1. The number of hydrogen-bond donors (Lipinski definition) is 0. The molecule has 3 nitrogen and oxygen atoms in total. The lowest BCUT2D eigenvalue weighted by Crippen LogP contribution is -2.09. The number of ketones is 1. The first kappa shape index (κ1) is 13.4. The number of Topliss-reactive ketones (excluding diaryl/α,β-unsaturated/α-hetero) is 1. The van der Waals surface area contributed by atoms with Crippen LogP contribution < -0.4 is 0 Å². The van der Waals surface area contributed by atoms with Crippen LogP contribution in [0.2, 0.25) is 0 Å². The predicted molar refractivity (Wildman–Crippen MR) is 65.8 cm³/mol. The largest absolute Gasteiger partial charge is 0.466 e. The molecule has 92 valence electrons. The molecular formula is C14H18O3. The van der Waals surface area contributed by atoms with E-state index in [1.807, 2.05) is 31.2 Å². The van der Waals surface area contributed by atoms with E-state index >= 15 is 0 Å². The molecule has 0 fully saturated rings. The maximum Gasteiger partial charge on any atom is 0.306 e. The molecule has 0 aliphatic rings. The van der Waals surface area contributed by atoms with Crippen molar-refractivity contribution in [2.75, 3.05) is 6.61 Å². The fourth-order valence-electron chi connectivity index (χ4n) is 1.61. The van der Waals surface area contributed by atoms with Gasteiger partial charge < -0.3 is 4.74 Å². The molecule has 0 N–H and O–H groups in total. The van der Waals surface area contributed by atoms with Gasteiger partial charge in [0.15, 0.2) is 0 Å². The van der Waals surface area contributed by atoms with Gasteiger partial charge in [-0.3, -0.25) is 9.59 Å². The van der Waals surface area contributed by atoms with E-state index in [1.54, 1.807) is 6.92 Å². The Labute approximate surface area is 102 Å². The van der Waals surface area contributed by atoms with E-state index in [-0.39, 0.29) is 24.6 Å². The van der Waals surface area contributed by atoms with E-state index in [9.17, 15) is 9.59 Å². The van der Waals surface area contributed by atoms with Crippen molar-refractivity contribution in [1.29, 1.82) is 0 Å². The maximum atomic E-state index is 11.6. The average molecular weight is 234 g/mol. The number of rotatable bonds is 6. The standard InChI is InChI=1S/C14H18O3/c1-3-17-14(16)8-7-13(15)10-12-6-4-5-11(2)9-12/h4-6,9H,3,7-8,10H2,1-2H3. The van der Waals surface area contributed by atoms with Gasteiger partial charge in [0.25, 0.3) is 0 Å². The van der Waals surface area contributed by atoms with Gasteiger partial charge in [-0.05, 0) is 19.4 Å². The van der Waals surface area contributed by atoms with Crippen LogP contribution in [0.3, 0.4) is 0 Å². The van der Waals surface area contributed by atoms with Crippen molar-refractivity contribution in [3.63, 3.8) is 0 Å². The van der Waals surface area contributed by atoms with Crippen molar-refractivity contribution in [3.05, 3.63) is 35.4 Å². The minimum atomic E-state index is -0.301. The molecule has 3 heteroatoms. The molecule has 0 aliphatic heterocycles. The molecule has 0 saturated heterocycles. The monoisotopic (exact) mass is 234 g/mol. The minimum Gasteiger partial charge on any atom is -0.466 e. The van der Waals surface area contributed by atoms with Gasteiger partial charge in [0.1, 0.15) is 5.78 Å². The van der Waals surface area contributed by atoms with E-state index < -0.39 is 0 Å². The van der Waals surface area contributed by atoms with Gasteiger partial charge >= 0.3 is 5.97 Å². The fraction of sp³-hybridized carbons (Fsp3) is 0.429.